The molecule has 1 fully saturated rings. The molecule has 0 saturated carbocycles. The zero-order chi connectivity index (χ0) is 18.3. The Hall–Kier alpha value is -1.41. The fourth-order valence-corrected chi connectivity index (χ4v) is 3.88. The lowest BCUT2D eigenvalue weighted by Gasteiger charge is -2.35. The summed E-state index contributed by atoms with van der Waals surface area (Å²) >= 11 is 0. The quantitative estimate of drug-likeness (QED) is 0.821. The normalized spacial score (nSPS) is 17.5. The van der Waals surface area contributed by atoms with Crippen LogP contribution in [-0.4, -0.2) is 65.7 Å². The van der Waals surface area contributed by atoms with E-state index >= 15 is 0 Å². The fraction of sp³-hybridized carbons (Fsp3) is 0.750. The molecule has 0 spiro atoms. The third-order valence-corrected chi connectivity index (χ3v) is 5.88. The van der Waals surface area contributed by atoms with Crippen molar-refractivity contribution in [3.63, 3.8) is 0 Å². The first-order chi connectivity index (χ1) is 10.9. The van der Waals surface area contributed by atoms with E-state index in [2.05, 4.69) is 5.10 Å². The summed E-state index contributed by atoms with van der Waals surface area (Å²) in [5, 5.41) is 4.47. The molecule has 24 heavy (non-hydrogen) atoms. The second-order valence-electron chi connectivity index (χ2n) is 7.56. The van der Waals surface area contributed by atoms with E-state index in [0.29, 0.717) is 31.6 Å². The van der Waals surface area contributed by atoms with Gasteiger partial charge >= 0.3 is 0 Å². The predicted molar refractivity (Wildman–Crippen MR) is 93.5 cm³/mol. The number of piperidine rings is 1. The molecule has 0 bridgehead atoms. The summed E-state index contributed by atoms with van der Waals surface area (Å²) in [7, 11) is -1.59. The molecule has 1 aromatic rings. The van der Waals surface area contributed by atoms with E-state index in [1.165, 1.54) is 10.6 Å². The van der Waals surface area contributed by atoms with Crippen LogP contribution in [0.1, 0.15) is 49.8 Å². The Bertz CT molecular complexity index is 710. The average molecular weight is 356 g/mol. The first kappa shape index (κ1) is 18.9. The number of amides is 1. The molecule has 1 aliphatic rings. The topological polar surface area (TPSA) is 75.5 Å². The van der Waals surface area contributed by atoms with E-state index in [-0.39, 0.29) is 17.5 Å². The van der Waals surface area contributed by atoms with E-state index in [0.717, 1.165) is 5.69 Å². The molecule has 2 heterocycles. The standard InChI is InChI=1S/C16H28N4O3S/c1-12-11-14(17-20(12)16(2,3)4)15(21)19-9-7-13(8-10-19)18(5)24(6,22)23/h11,13H,7-10H2,1-6H3. The first-order valence-corrected chi connectivity index (χ1v) is 10.1. The van der Waals surface area contributed by atoms with E-state index in [1.54, 1.807) is 11.9 Å². The molecule has 1 aliphatic heterocycles. The van der Waals surface area contributed by atoms with Gasteiger partial charge in [0.25, 0.3) is 5.91 Å². The zero-order valence-electron chi connectivity index (χ0n) is 15.4. The Kier molecular flexibility index (Phi) is 5.11. The molecule has 1 amide bonds. The Morgan fingerprint density at radius 2 is 1.83 bits per heavy atom. The van der Waals surface area contributed by atoms with Crippen molar-refractivity contribution in [2.24, 2.45) is 0 Å². The third-order valence-electron chi connectivity index (χ3n) is 4.53. The van der Waals surface area contributed by atoms with Crippen molar-refractivity contribution >= 4 is 15.9 Å². The van der Waals surface area contributed by atoms with Crippen LogP contribution in [0.15, 0.2) is 6.07 Å². The average Bonchev–Trinajstić information content (AvgIpc) is 2.87. The lowest BCUT2D eigenvalue weighted by atomic mass is 10.1. The van der Waals surface area contributed by atoms with Crippen LogP contribution in [0.2, 0.25) is 0 Å². The number of aryl methyl sites for hydroxylation is 1. The Labute approximate surface area is 144 Å². The van der Waals surface area contributed by atoms with Crippen molar-refractivity contribution in [1.82, 2.24) is 19.0 Å². The van der Waals surface area contributed by atoms with Gasteiger partial charge in [0.05, 0.1) is 11.8 Å². The summed E-state index contributed by atoms with van der Waals surface area (Å²) in [6, 6.07) is 1.78. The number of carbonyl (C=O) groups excluding carboxylic acids is 1. The second kappa shape index (κ2) is 6.48. The van der Waals surface area contributed by atoms with E-state index in [1.807, 2.05) is 38.4 Å². The molecule has 0 N–H and O–H groups in total. The SMILES string of the molecule is Cc1cc(C(=O)N2CCC(N(C)S(C)(=O)=O)CC2)nn1C(C)(C)C. The maximum Gasteiger partial charge on any atom is 0.274 e. The lowest BCUT2D eigenvalue weighted by Crippen LogP contribution is -2.47. The van der Waals surface area contributed by atoms with Gasteiger partial charge in [-0.05, 0) is 46.6 Å². The summed E-state index contributed by atoms with van der Waals surface area (Å²) in [6.07, 6.45) is 2.51. The highest BCUT2D eigenvalue weighted by molar-refractivity contribution is 7.88. The summed E-state index contributed by atoms with van der Waals surface area (Å²) < 4.78 is 26.5. The molecular formula is C16H28N4O3S. The van der Waals surface area contributed by atoms with Gasteiger partial charge < -0.3 is 4.90 Å². The summed E-state index contributed by atoms with van der Waals surface area (Å²) in [5.41, 5.74) is 1.24. The molecule has 0 radical (unpaired) electrons. The van der Waals surface area contributed by atoms with Crippen LogP contribution < -0.4 is 0 Å². The summed E-state index contributed by atoms with van der Waals surface area (Å²) in [4.78, 5) is 14.4. The van der Waals surface area contributed by atoms with E-state index in [4.69, 9.17) is 0 Å². The molecule has 2 rings (SSSR count). The maximum atomic E-state index is 12.7. The number of rotatable bonds is 3. The van der Waals surface area contributed by atoms with Crippen LogP contribution in [0.3, 0.4) is 0 Å². The molecule has 0 unspecified atom stereocenters. The van der Waals surface area contributed by atoms with Gasteiger partial charge in [0.2, 0.25) is 10.0 Å². The molecule has 0 atom stereocenters. The highest BCUT2D eigenvalue weighted by Gasteiger charge is 2.30. The van der Waals surface area contributed by atoms with Gasteiger partial charge in [-0.2, -0.15) is 5.10 Å². The van der Waals surface area contributed by atoms with Gasteiger partial charge in [0.15, 0.2) is 5.69 Å². The number of hydrogen-bond donors (Lipinski definition) is 0. The van der Waals surface area contributed by atoms with Crippen LogP contribution >= 0.6 is 0 Å². The molecule has 7 nitrogen and oxygen atoms in total. The second-order valence-corrected chi connectivity index (χ2v) is 9.60. The lowest BCUT2D eigenvalue weighted by molar-refractivity contribution is 0.0678. The van der Waals surface area contributed by atoms with Crippen molar-refractivity contribution < 1.29 is 13.2 Å². The van der Waals surface area contributed by atoms with Gasteiger partial charge in [-0.3, -0.25) is 9.48 Å². The van der Waals surface area contributed by atoms with Gasteiger partial charge in [-0.1, -0.05) is 0 Å². The van der Waals surface area contributed by atoms with Crippen molar-refractivity contribution in [3.8, 4) is 0 Å². The molecule has 1 aromatic heterocycles. The van der Waals surface area contributed by atoms with Crippen molar-refractivity contribution in [2.75, 3.05) is 26.4 Å². The zero-order valence-corrected chi connectivity index (χ0v) is 16.2. The molecule has 136 valence electrons. The first-order valence-electron chi connectivity index (χ1n) is 8.20. The molecule has 0 aromatic carbocycles. The van der Waals surface area contributed by atoms with Crippen LogP contribution in [0, 0.1) is 6.92 Å². The molecular weight excluding hydrogens is 328 g/mol. The summed E-state index contributed by atoms with van der Waals surface area (Å²) in [5.74, 6) is -0.0819. The van der Waals surface area contributed by atoms with Crippen LogP contribution in [-0.2, 0) is 15.6 Å². The number of carbonyl (C=O) groups is 1. The van der Waals surface area contributed by atoms with Crippen molar-refractivity contribution in [1.29, 1.82) is 0 Å². The number of nitrogens with zero attached hydrogens (tertiary/aromatic N) is 4. The van der Waals surface area contributed by atoms with Gasteiger partial charge in [0, 0.05) is 31.9 Å². The molecule has 8 heteroatoms. The fourth-order valence-electron chi connectivity index (χ4n) is 3.12. The van der Waals surface area contributed by atoms with Gasteiger partial charge in [-0.15, -0.1) is 0 Å². The predicted octanol–water partition coefficient (Wildman–Crippen LogP) is 1.44. The number of aromatic nitrogens is 2. The minimum atomic E-state index is -3.20. The van der Waals surface area contributed by atoms with Crippen molar-refractivity contribution in [2.45, 2.75) is 52.1 Å². The smallest absolute Gasteiger partial charge is 0.274 e. The number of sulfonamides is 1. The Balaban J connectivity index is 2.06. The third kappa shape index (κ3) is 3.97. The van der Waals surface area contributed by atoms with Gasteiger partial charge in [0.1, 0.15) is 0 Å². The van der Waals surface area contributed by atoms with E-state index in [9.17, 15) is 13.2 Å². The highest BCUT2D eigenvalue weighted by atomic mass is 32.2. The summed E-state index contributed by atoms with van der Waals surface area (Å²) in [6.45, 7) is 9.19. The number of hydrogen-bond acceptors (Lipinski definition) is 4. The van der Waals surface area contributed by atoms with Crippen molar-refractivity contribution in [3.05, 3.63) is 17.5 Å². The molecule has 0 aliphatic carbocycles. The largest absolute Gasteiger partial charge is 0.337 e. The minimum Gasteiger partial charge on any atom is -0.337 e. The Morgan fingerprint density at radius 3 is 2.25 bits per heavy atom. The van der Waals surface area contributed by atoms with Gasteiger partial charge in [-0.25, -0.2) is 12.7 Å². The Morgan fingerprint density at radius 1 is 1.29 bits per heavy atom. The van der Waals surface area contributed by atoms with Crippen LogP contribution in [0.4, 0.5) is 0 Å². The number of likely N-dealkylation sites (tertiary alicyclic amines) is 1. The molecule has 1 saturated heterocycles. The van der Waals surface area contributed by atoms with Crippen LogP contribution in [0.25, 0.3) is 0 Å². The maximum absolute atomic E-state index is 12.7. The minimum absolute atomic E-state index is 0.0436. The monoisotopic (exact) mass is 356 g/mol. The highest BCUT2D eigenvalue weighted by Crippen LogP contribution is 2.21. The van der Waals surface area contributed by atoms with Crippen LogP contribution in [0.5, 0.6) is 0 Å². The van der Waals surface area contributed by atoms with E-state index < -0.39 is 10.0 Å².